The third-order valence-electron chi connectivity index (χ3n) is 15.3. The topological polar surface area (TPSA) is 545 Å². The molecule has 20 aliphatic heterocycles. The molecule has 0 amide bonds. The zero-order valence-electron chi connectivity index (χ0n) is 40.6. The molecule has 21 fully saturated rings. The zero-order chi connectivity index (χ0) is 56.1. The molecule has 0 aromatic carbocycles. The third-order valence-corrected chi connectivity index (χ3v) is 15.3. The molecule has 21 N–H and O–H groups in total. The van der Waals surface area contributed by atoms with Crippen LogP contribution in [0.4, 0.5) is 0 Å². The van der Waals surface area contributed by atoms with E-state index < -0.39 is 267 Å². The zero-order valence-corrected chi connectivity index (χ0v) is 40.6. The monoisotopic (exact) mass is 1130 g/mol. The second-order valence-electron chi connectivity index (χ2n) is 20.1. The van der Waals surface area contributed by atoms with E-state index in [2.05, 4.69) is 0 Å². The molecule has 20 heterocycles. The van der Waals surface area contributed by atoms with Crippen molar-refractivity contribution in [2.24, 2.45) is 5.92 Å². The molecule has 77 heavy (non-hydrogen) atoms. The van der Waals surface area contributed by atoms with Crippen LogP contribution in [0.3, 0.4) is 0 Å². The molecule has 34 heteroatoms. The van der Waals surface area contributed by atoms with Crippen LogP contribution in [0, 0.1) is 5.92 Å². The lowest BCUT2D eigenvalue weighted by molar-refractivity contribution is -0.396. The van der Waals surface area contributed by atoms with Crippen molar-refractivity contribution in [3.05, 3.63) is 0 Å². The van der Waals surface area contributed by atoms with Crippen LogP contribution in [0.25, 0.3) is 0 Å². The first-order valence-corrected chi connectivity index (χ1v) is 25.0. The molecule has 34 nitrogen and oxygen atoms in total. The van der Waals surface area contributed by atoms with Crippen molar-refractivity contribution in [2.75, 3.05) is 46.2 Å². The molecule has 21 rings (SSSR count). The lowest BCUT2D eigenvalue weighted by Crippen LogP contribution is -2.68. The molecule has 1 aliphatic carbocycles. The van der Waals surface area contributed by atoms with Crippen LogP contribution >= 0.6 is 0 Å². The summed E-state index contributed by atoms with van der Waals surface area (Å²) in [5.41, 5.74) is 0. The van der Waals surface area contributed by atoms with E-state index in [1.54, 1.807) is 0 Å². The van der Waals surface area contributed by atoms with Crippen LogP contribution in [0.15, 0.2) is 0 Å². The molecule has 0 spiro atoms. The van der Waals surface area contributed by atoms with E-state index in [1.165, 1.54) is 0 Å². The minimum absolute atomic E-state index is 0.427. The van der Waals surface area contributed by atoms with Crippen molar-refractivity contribution >= 4 is 0 Å². The number of aliphatic hydroxyl groups excluding tert-OH is 21. The minimum atomic E-state index is -2.20. The van der Waals surface area contributed by atoms with E-state index in [1.807, 2.05) is 0 Å². The van der Waals surface area contributed by atoms with Crippen molar-refractivity contribution in [3.8, 4) is 0 Å². The predicted octanol–water partition coefficient (Wildman–Crippen LogP) is -14.6. The highest BCUT2D eigenvalue weighted by molar-refractivity contribution is 5.02. The maximum absolute atomic E-state index is 11.4. The van der Waals surface area contributed by atoms with Gasteiger partial charge in [0, 0.05) is 12.5 Å². The Morgan fingerprint density at radius 3 is 0.610 bits per heavy atom. The summed E-state index contributed by atoms with van der Waals surface area (Å²) in [4.78, 5) is 0. The van der Waals surface area contributed by atoms with E-state index in [-0.39, 0.29) is 0 Å². The van der Waals surface area contributed by atoms with Gasteiger partial charge in [0.25, 0.3) is 0 Å². The summed E-state index contributed by atoms with van der Waals surface area (Å²) in [5.74, 6) is -1.23. The molecule has 448 valence electrons. The van der Waals surface area contributed by atoms with E-state index in [9.17, 15) is 107 Å². The Balaban J connectivity index is 1.08. The number of hydrogen-bond donors (Lipinski definition) is 21. The average molecular weight is 1130 g/mol. The number of hydrogen-bond acceptors (Lipinski definition) is 34. The summed E-state index contributed by atoms with van der Waals surface area (Å²) >= 11 is 0. The number of ether oxygens (including phenoxy) is 13. The van der Waals surface area contributed by atoms with Crippen LogP contribution in [-0.2, 0) is 61.6 Å². The van der Waals surface area contributed by atoms with E-state index >= 15 is 0 Å². The van der Waals surface area contributed by atoms with Crippen molar-refractivity contribution in [2.45, 2.75) is 215 Å². The van der Waals surface area contributed by atoms with Crippen LogP contribution in [0.1, 0.15) is 6.42 Å². The molecule has 0 aromatic heterocycles. The molecule has 1 saturated carbocycles. The second-order valence-corrected chi connectivity index (χ2v) is 20.1. The fourth-order valence-electron chi connectivity index (χ4n) is 10.9. The average Bonchev–Trinajstić information content (AvgIpc) is 3.47. The molecular formula is C43H72O34. The van der Waals surface area contributed by atoms with Gasteiger partial charge in [-0.3, -0.25) is 0 Å². The van der Waals surface area contributed by atoms with Gasteiger partial charge in [-0.15, -0.1) is 0 Å². The van der Waals surface area contributed by atoms with Gasteiger partial charge in [-0.05, 0) is 6.42 Å². The smallest absolute Gasteiger partial charge is 0.187 e. The Hall–Kier alpha value is -1.36. The minimum Gasteiger partial charge on any atom is -0.396 e. The van der Waals surface area contributed by atoms with Gasteiger partial charge in [0.2, 0.25) is 0 Å². The van der Waals surface area contributed by atoms with Gasteiger partial charge in [0.1, 0.15) is 159 Å². The molecule has 0 radical (unpaired) electrons. The van der Waals surface area contributed by atoms with E-state index in [0.29, 0.717) is 0 Å². The van der Waals surface area contributed by atoms with Gasteiger partial charge >= 0.3 is 0 Å². The summed E-state index contributed by atoms with van der Waals surface area (Å²) in [5, 5.41) is 231. The second kappa shape index (κ2) is 26.1. The summed E-state index contributed by atoms with van der Waals surface area (Å²) in [6, 6.07) is 0. The van der Waals surface area contributed by atoms with Gasteiger partial charge in [-0.1, -0.05) is 0 Å². The van der Waals surface area contributed by atoms with Gasteiger partial charge < -0.3 is 169 Å². The normalized spacial score (nSPS) is 55.4. The highest BCUT2D eigenvalue weighted by Crippen LogP contribution is 2.40. The van der Waals surface area contributed by atoms with Crippen molar-refractivity contribution < 1.29 is 169 Å². The maximum atomic E-state index is 11.4. The predicted molar refractivity (Wildman–Crippen MR) is 232 cm³/mol. The molecule has 14 bridgehead atoms. The van der Waals surface area contributed by atoms with Gasteiger partial charge in [0.15, 0.2) is 37.7 Å². The number of aliphatic hydroxyl groups is 21. The Kier molecular flexibility index (Phi) is 20.9. The Morgan fingerprint density at radius 2 is 0.403 bits per heavy atom. The first kappa shape index (κ1) is 61.7. The highest BCUT2D eigenvalue weighted by atomic mass is 16.8. The highest BCUT2D eigenvalue weighted by Gasteiger charge is 2.59. The molecule has 35 unspecified atom stereocenters. The number of rotatable bonds is 7. The summed E-state index contributed by atoms with van der Waals surface area (Å²) < 4.78 is 74.4. The van der Waals surface area contributed by atoms with Crippen LogP contribution in [0.5, 0.6) is 0 Å². The molecule has 35 atom stereocenters. The Bertz CT molecular complexity index is 1470. The van der Waals surface area contributed by atoms with Gasteiger partial charge in [-0.25, -0.2) is 0 Å². The quantitative estimate of drug-likeness (QED) is 0.113. The lowest BCUT2D eigenvalue weighted by atomic mass is 9.80. The fourth-order valence-corrected chi connectivity index (χ4v) is 10.9. The van der Waals surface area contributed by atoms with Crippen molar-refractivity contribution in [3.63, 3.8) is 0 Å². The fraction of sp³-hybridized carbons (Fsp3) is 1.00. The lowest BCUT2D eigenvalue weighted by Gasteiger charge is -2.50. The third kappa shape index (κ3) is 12.1. The summed E-state index contributed by atoms with van der Waals surface area (Å²) in [6.07, 6.45) is -67.0. The van der Waals surface area contributed by atoms with Crippen LogP contribution in [-0.4, -0.2) is 362 Å². The van der Waals surface area contributed by atoms with E-state index in [4.69, 9.17) is 61.6 Å². The molecule has 21 aliphatic rings. The molecule has 0 aromatic rings. The van der Waals surface area contributed by atoms with Gasteiger partial charge in [0.05, 0.1) is 51.8 Å². The van der Waals surface area contributed by atoms with Crippen molar-refractivity contribution in [1.82, 2.24) is 0 Å². The first-order chi connectivity index (χ1) is 36.7. The summed E-state index contributed by atoms with van der Waals surface area (Å²) in [7, 11) is 0. The SMILES string of the molecule is OCC1CC2OC3C(CO)OC(OC4C(CO)OC(OC5C(CO)OC(OC6C(CO)OC(OC7C(CO)OC(OC8C(CO)OC(OC1C(O)C2O)C(O)C8O)C(O)C7O)C(O)C6O)C(O)C5O)C(O)C4O)C(O)C3O. The van der Waals surface area contributed by atoms with Crippen LogP contribution in [0.2, 0.25) is 0 Å². The first-order valence-electron chi connectivity index (χ1n) is 25.0. The Morgan fingerprint density at radius 1 is 0.208 bits per heavy atom. The Labute approximate surface area is 435 Å². The van der Waals surface area contributed by atoms with Crippen LogP contribution < -0.4 is 0 Å². The molecule has 20 saturated heterocycles. The summed E-state index contributed by atoms with van der Waals surface area (Å²) in [6.45, 7) is -6.98. The van der Waals surface area contributed by atoms with Crippen molar-refractivity contribution in [1.29, 1.82) is 0 Å². The van der Waals surface area contributed by atoms with E-state index in [0.717, 1.165) is 0 Å². The maximum Gasteiger partial charge on any atom is 0.187 e. The molecular weight excluding hydrogens is 1060 g/mol. The largest absolute Gasteiger partial charge is 0.396 e. The van der Waals surface area contributed by atoms with Gasteiger partial charge in [-0.2, -0.15) is 0 Å². The standard InChI is InChI=1S/C43H72O34/c44-2-9-1-10-17(51)18(52)31(9)72-38-26(60)20(54)33(12(4-46)67-38)74-40-28(62)22(56)35(14(6-48)69-40)76-42-30(64)24(58)37(16(8-50)71-42)77-43-29(63)23(57)36(15(7-49)70-43)75-41-27(61)21(55)34(13(5-47)68-41)73-39-25(59)19(53)32(65-10)11(3-45)66-39/h9-64H,1-8H2.